The summed E-state index contributed by atoms with van der Waals surface area (Å²) < 4.78 is 3.18. The van der Waals surface area contributed by atoms with Crippen LogP contribution in [-0.2, 0) is 23.4 Å². The zero-order valence-corrected chi connectivity index (χ0v) is 15.1. The van der Waals surface area contributed by atoms with Crippen molar-refractivity contribution in [2.45, 2.75) is 45.8 Å². The summed E-state index contributed by atoms with van der Waals surface area (Å²) in [4.78, 5) is 33.0. The largest absolute Gasteiger partial charge is 0.352 e. The maximum Gasteiger partial charge on any atom is 0.264 e. The predicted molar refractivity (Wildman–Crippen MR) is 97.5 cm³/mol. The molecule has 0 saturated carbocycles. The third-order valence-electron chi connectivity index (χ3n) is 3.98. The second-order valence-electron chi connectivity index (χ2n) is 7.10. The number of nitrogens with one attached hydrogen (secondary N) is 1. The number of fused-ring (bicyclic) bond motifs is 1. The molecule has 0 aromatic carbocycles. The highest BCUT2D eigenvalue weighted by atomic mass is 16.1. The molecule has 3 aromatic rings. The maximum atomic E-state index is 12.6. The highest BCUT2D eigenvalue weighted by Crippen LogP contribution is 2.17. The van der Waals surface area contributed by atoms with Crippen molar-refractivity contribution in [3.8, 4) is 0 Å². The molecule has 136 valence electrons. The smallest absolute Gasteiger partial charge is 0.264 e. The van der Waals surface area contributed by atoms with Gasteiger partial charge in [0.2, 0.25) is 5.91 Å². The molecule has 3 aromatic heterocycles. The third-order valence-corrected chi connectivity index (χ3v) is 3.98. The highest BCUT2D eigenvalue weighted by Gasteiger charge is 2.19. The molecule has 8 nitrogen and oxygen atoms in total. The predicted octanol–water partition coefficient (Wildman–Crippen LogP) is 1.45. The van der Waals surface area contributed by atoms with Gasteiger partial charge in [-0.05, 0) is 32.4 Å². The second-order valence-corrected chi connectivity index (χ2v) is 7.10. The summed E-state index contributed by atoms with van der Waals surface area (Å²) in [5.74, 6) is -0.133. The first kappa shape index (κ1) is 17.8. The number of aryl methyl sites for hydroxylation is 1. The molecular weight excluding hydrogens is 332 g/mol. The number of hydrogen-bond donors (Lipinski definition) is 1. The van der Waals surface area contributed by atoms with Crippen molar-refractivity contribution in [2.24, 2.45) is 0 Å². The Balaban J connectivity index is 1.67. The van der Waals surface area contributed by atoms with E-state index in [9.17, 15) is 9.59 Å². The van der Waals surface area contributed by atoms with Crippen molar-refractivity contribution in [3.63, 3.8) is 0 Å². The zero-order chi connectivity index (χ0) is 18.7. The van der Waals surface area contributed by atoms with E-state index in [1.807, 2.05) is 32.9 Å². The maximum absolute atomic E-state index is 12.6. The zero-order valence-electron chi connectivity index (χ0n) is 15.1. The van der Waals surface area contributed by atoms with E-state index in [1.165, 1.54) is 17.1 Å². The molecule has 3 rings (SSSR count). The second kappa shape index (κ2) is 7.07. The summed E-state index contributed by atoms with van der Waals surface area (Å²) in [6, 6.07) is 3.71. The van der Waals surface area contributed by atoms with Crippen LogP contribution in [0.1, 0.15) is 32.8 Å². The van der Waals surface area contributed by atoms with Gasteiger partial charge in [0.05, 0.1) is 18.1 Å². The molecule has 0 fully saturated rings. The molecule has 0 aliphatic rings. The van der Waals surface area contributed by atoms with Gasteiger partial charge < -0.3 is 5.32 Å². The van der Waals surface area contributed by atoms with Crippen LogP contribution in [0.15, 0.2) is 41.8 Å². The molecule has 0 bridgehead atoms. The summed E-state index contributed by atoms with van der Waals surface area (Å²) in [6.07, 6.45) is 6.59. The Morgan fingerprint density at radius 2 is 2.08 bits per heavy atom. The number of nitrogens with zero attached hydrogens (tertiary/aromatic N) is 5. The number of aromatic nitrogens is 5. The molecule has 26 heavy (non-hydrogen) atoms. The van der Waals surface area contributed by atoms with Gasteiger partial charge in [0.1, 0.15) is 5.39 Å². The lowest BCUT2D eigenvalue weighted by Crippen LogP contribution is -2.28. The van der Waals surface area contributed by atoms with E-state index < -0.39 is 0 Å². The number of hydrogen-bond acceptors (Lipinski definition) is 5. The minimum absolute atomic E-state index is 0.133. The summed E-state index contributed by atoms with van der Waals surface area (Å²) in [5, 5.41) is 7.56. The Hall–Kier alpha value is -3.03. The Morgan fingerprint density at radius 3 is 2.77 bits per heavy atom. The monoisotopic (exact) mass is 354 g/mol. The molecule has 0 aliphatic heterocycles. The molecule has 0 radical (unpaired) electrons. The van der Waals surface area contributed by atoms with Crippen molar-refractivity contribution in [2.75, 3.05) is 0 Å². The first-order chi connectivity index (χ1) is 12.4. The van der Waals surface area contributed by atoms with Crippen LogP contribution in [0.4, 0.5) is 0 Å². The van der Waals surface area contributed by atoms with E-state index >= 15 is 0 Å². The van der Waals surface area contributed by atoms with Gasteiger partial charge in [-0.2, -0.15) is 5.10 Å². The van der Waals surface area contributed by atoms with Gasteiger partial charge in [0.15, 0.2) is 5.65 Å². The van der Waals surface area contributed by atoms with Crippen LogP contribution in [0.2, 0.25) is 0 Å². The Kier molecular flexibility index (Phi) is 4.83. The van der Waals surface area contributed by atoms with Crippen molar-refractivity contribution < 1.29 is 4.79 Å². The van der Waals surface area contributed by atoms with Crippen LogP contribution in [-0.4, -0.2) is 30.2 Å². The van der Waals surface area contributed by atoms with E-state index in [2.05, 4.69) is 20.4 Å². The van der Waals surface area contributed by atoms with Crippen molar-refractivity contribution >= 4 is 16.9 Å². The fourth-order valence-corrected chi connectivity index (χ4v) is 2.61. The van der Waals surface area contributed by atoms with Gasteiger partial charge in [-0.25, -0.2) is 9.67 Å². The van der Waals surface area contributed by atoms with E-state index in [0.29, 0.717) is 17.6 Å². The van der Waals surface area contributed by atoms with Crippen molar-refractivity contribution in [1.29, 1.82) is 0 Å². The standard InChI is InChI=1S/C18H22N6O2/c1-18(2,3)24-16-14(11-22-24)17(26)23(12-21-16)8-6-15(25)20-10-13-5-4-7-19-9-13/h4-5,7,9,11-12H,6,8,10H2,1-3H3,(H,20,25). The fourth-order valence-electron chi connectivity index (χ4n) is 2.61. The Morgan fingerprint density at radius 1 is 1.27 bits per heavy atom. The van der Waals surface area contributed by atoms with Crippen LogP contribution in [0, 0.1) is 0 Å². The molecule has 0 unspecified atom stereocenters. The van der Waals surface area contributed by atoms with E-state index in [0.717, 1.165) is 5.56 Å². The highest BCUT2D eigenvalue weighted by molar-refractivity contribution is 5.76. The number of carbonyl (C=O) groups is 1. The Bertz CT molecular complexity index is 969. The summed E-state index contributed by atoms with van der Waals surface area (Å²) >= 11 is 0. The molecule has 1 N–H and O–H groups in total. The van der Waals surface area contributed by atoms with Gasteiger partial charge in [0.25, 0.3) is 5.56 Å². The molecule has 1 amide bonds. The summed E-state index contributed by atoms with van der Waals surface area (Å²) in [7, 11) is 0. The average molecular weight is 354 g/mol. The van der Waals surface area contributed by atoms with Crippen molar-refractivity contribution in [1.82, 2.24) is 29.6 Å². The van der Waals surface area contributed by atoms with E-state index in [-0.39, 0.29) is 30.0 Å². The van der Waals surface area contributed by atoms with Crippen LogP contribution in [0.25, 0.3) is 11.0 Å². The van der Waals surface area contributed by atoms with E-state index in [4.69, 9.17) is 0 Å². The van der Waals surface area contributed by atoms with Crippen molar-refractivity contribution in [3.05, 3.63) is 53.0 Å². The lowest BCUT2D eigenvalue weighted by atomic mass is 10.1. The molecule has 0 aliphatic carbocycles. The molecule has 0 saturated heterocycles. The molecule has 0 atom stereocenters. The van der Waals surface area contributed by atoms with Gasteiger partial charge in [-0.15, -0.1) is 0 Å². The minimum Gasteiger partial charge on any atom is -0.352 e. The first-order valence-corrected chi connectivity index (χ1v) is 8.45. The van der Waals surface area contributed by atoms with Gasteiger partial charge >= 0.3 is 0 Å². The normalized spacial score (nSPS) is 11.7. The number of rotatable bonds is 5. The third kappa shape index (κ3) is 3.79. The summed E-state index contributed by atoms with van der Waals surface area (Å²) in [6.45, 7) is 6.68. The van der Waals surface area contributed by atoms with Crippen LogP contribution >= 0.6 is 0 Å². The molecule has 3 heterocycles. The lowest BCUT2D eigenvalue weighted by molar-refractivity contribution is -0.121. The lowest BCUT2D eigenvalue weighted by Gasteiger charge is -2.19. The van der Waals surface area contributed by atoms with Gasteiger partial charge in [0, 0.05) is 31.9 Å². The summed E-state index contributed by atoms with van der Waals surface area (Å²) in [5.41, 5.74) is 1.03. The Labute approximate surface area is 150 Å². The topological polar surface area (TPSA) is 94.7 Å². The average Bonchev–Trinajstić information content (AvgIpc) is 3.05. The molecule has 8 heteroatoms. The number of pyridine rings is 1. The number of amides is 1. The minimum atomic E-state index is -0.264. The first-order valence-electron chi connectivity index (χ1n) is 8.45. The SMILES string of the molecule is CC(C)(C)n1ncc2c(=O)n(CCC(=O)NCc3cccnc3)cnc21. The molecular formula is C18H22N6O2. The number of carbonyl (C=O) groups excluding carboxylic acids is 1. The quantitative estimate of drug-likeness (QED) is 0.748. The van der Waals surface area contributed by atoms with E-state index in [1.54, 1.807) is 17.1 Å². The van der Waals surface area contributed by atoms with Crippen LogP contribution in [0.3, 0.4) is 0 Å². The molecule has 0 spiro atoms. The van der Waals surface area contributed by atoms with Crippen LogP contribution in [0.5, 0.6) is 0 Å². The van der Waals surface area contributed by atoms with Crippen LogP contribution < -0.4 is 10.9 Å². The van der Waals surface area contributed by atoms with Gasteiger partial charge in [-0.1, -0.05) is 6.07 Å². The van der Waals surface area contributed by atoms with Gasteiger partial charge in [-0.3, -0.25) is 19.1 Å². The fraction of sp³-hybridized carbons (Fsp3) is 0.389.